The average molecular weight is 514 g/mol. The van der Waals surface area contributed by atoms with Crippen molar-refractivity contribution in [3.05, 3.63) is 117 Å². The van der Waals surface area contributed by atoms with E-state index in [1.165, 1.54) is 29.8 Å². The first kappa shape index (κ1) is 24.0. The van der Waals surface area contributed by atoms with E-state index in [0.29, 0.717) is 5.69 Å². The van der Waals surface area contributed by atoms with Gasteiger partial charge in [0, 0.05) is 11.9 Å². The van der Waals surface area contributed by atoms with Crippen LogP contribution in [-0.4, -0.2) is 44.2 Å². The van der Waals surface area contributed by atoms with Gasteiger partial charge in [0.15, 0.2) is 11.0 Å². The summed E-state index contributed by atoms with van der Waals surface area (Å²) in [5.41, 5.74) is -1.38. The fraction of sp³-hybridized carbons (Fsp3) is 0.0741. The quantitative estimate of drug-likeness (QED) is 0.408. The van der Waals surface area contributed by atoms with Crippen LogP contribution in [-0.2, 0) is 4.79 Å². The summed E-state index contributed by atoms with van der Waals surface area (Å²) in [5, 5.41) is 8.13. The van der Waals surface area contributed by atoms with E-state index < -0.39 is 34.2 Å². The Hall–Kier alpha value is -4.70. The summed E-state index contributed by atoms with van der Waals surface area (Å²) in [4.78, 5) is 67.8. The second-order valence-corrected chi connectivity index (χ2v) is 9.34. The maximum Gasteiger partial charge on any atom is 0.341 e. The van der Waals surface area contributed by atoms with Gasteiger partial charge in [0.1, 0.15) is 11.4 Å². The van der Waals surface area contributed by atoms with Crippen molar-refractivity contribution in [3.8, 4) is 11.4 Å². The molecule has 0 radical (unpaired) electrons. The van der Waals surface area contributed by atoms with E-state index in [-0.39, 0.29) is 27.5 Å². The Labute approximate surface area is 214 Å². The highest BCUT2D eigenvalue weighted by molar-refractivity contribution is 8.01. The van der Waals surface area contributed by atoms with Crippen molar-refractivity contribution >= 4 is 35.2 Å². The number of para-hydroxylation sites is 2. The fourth-order valence-corrected chi connectivity index (χ4v) is 5.42. The molecule has 1 N–H and O–H groups in total. The fourth-order valence-electron chi connectivity index (χ4n) is 4.25. The summed E-state index contributed by atoms with van der Waals surface area (Å²) in [6.07, 6.45) is 0. The van der Waals surface area contributed by atoms with E-state index in [1.807, 2.05) is 0 Å². The van der Waals surface area contributed by atoms with E-state index in [2.05, 4.69) is 0 Å². The van der Waals surface area contributed by atoms with E-state index in [9.17, 15) is 29.1 Å². The number of ketones is 1. The molecule has 0 bridgehead atoms. The number of Topliss-reactive ketones (excluding diaryl/α,β-unsaturated/α-hetero) is 1. The van der Waals surface area contributed by atoms with Crippen LogP contribution in [0.1, 0.15) is 20.7 Å². The van der Waals surface area contributed by atoms with Crippen LogP contribution >= 0.6 is 11.8 Å². The lowest BCUT2D eigenvalue weighted by atomic mass is 10.0. The smallest absolute Gasteiger partial charge is 0.341 e. The number of thioether (sulfide) groups is 1. The molecule has 0 spiro atoms. The summed E-state index contributed by atoms with van der Waals surface area (Å²) >= 11 is 0.762. The summed E-state index contributed by atoms with van der Waals surface area (Å²) in [7, 11) is 1.38. The Kier molecular flexibility index (Phi) is 6.10. The van der Waals surface area contributed by atoms with Crippen LogP contribution in [0.2, 0.25) is 0 Å². The largest absolute Gasteiger partial charge is 0.478 e. The molecule has 4 aromatic rings. The molecule has 1 aliphatic rings. The molecule has 2 heterocycles. The maximum absolute atomic E-state index is 13.8. The van der Waals surface area contributed by atoms with Crippen molar-refractivity contribution in [1.82, 2.24) is 9.13 Å². The minimum absolute atomic E-state index is 0.0718. The first-order valence-electron chi connectivity index (χ1n) is 11.1. The molecular weight excluding hydrogens is 494 g/mol. The van der Waals surface area contributed by atoms with Crippen molar-refractivity contribution in [2.45, 2.75) is 10.1 Å². The Bertz CT molecular complexity index is 1680. The zero-order valence-corrected chi connectivity index (χ0v) is 20.2. The van der Waals surface area contributed by atoms with Gasteiger partial charge in [0.05, 0.1) is 16.9 Å². The van der Waals surface area contributed by atoms with Crippen molar-refractivity contribution < 1.29 is 19.5 Å². The van der Waals surface area contributed by atoms with Crippen LogP contribution in [0, 0.1) is 0 Å². The lowest BCUT2D eigenvalue weighted by molar-refractivity contribution is -0.117. The van der Waals surface area contributed by atoms with Crippen LogP contribution in [0.3, 0.4) is 0 Å². The average Bonchev–Trinajstić information content (AvgIpc) is 2.91. The maximum atomic E-state index is 13.8. The van der Waals surface area contributed by atoms with Crippen molar-refractivity contribution in [3.63, 3.8) is 0 Å². The number of carbonyl (C=O) groups is 3. The van der Waals surface area contributed by atoms with Crippen LogP contribution < -0.4 is 16.1 Å². The first-order valence-corrected chi connectivity index (χ1v) is 12.0. The number of amides is 1. The molecule has 37 heavy (non-hydrogen) atoms. The lowest BCUT2D eigenvalue weighted by Gasteiger charge is -2.32. The van der Waals surface area contributed by atoms with E-state index in [4.69, 9.17) is 0 Å². The van der Waals surface area contributed by atoms with Gasteiger partial charge >= 0.3 is 11.7 Å². The van der Waals surface area contributed by atoms with Gasteiger partial charge in [-0.3, -0.25) is 19.3 Å². The Morgan fingerprint density at radius 1 is 0.784 bits per heavy atom. The van der Waals surface area contributed by atoms with Crippen molar-refractivity contribution in [1.29, 1.82) is 0 Å². The lowest BCUT2D eigenvalue weighted by Crippen LogP contribution is -2.53. The molecule has 0 saturated carbocycles. The molecule has 0 aliphatic carbocycles. The summed E-state index contributed by atoms with van der Waals surface area (Å²) < 4.78 is 2.08. The molecule has 9 nitrogen and oxygen atoms in total. The van der Waals surface area contributed by atoms with Gasteiger partial charge in [-0.05, 0) is 36.4 Å². The molecule has 1 atom stereocenters. The Balaban J connectivity index is 1.78. The number of carbonyl (C=O) groups excluding carboxylic acids is 2. The molecule has 5 rings (SSSR count). The number of rotatable bonds is 5. The molecular formula is C27H19N3O6S. The molecule has 0 saturated heterocycles. The van der Waals surface area contributed by atoms with Gasteiger partial charge in [-0.25, -0.2) is 18.7 Å². The third-order valence-electron chi connectivity index (χ3n) is 5.98. The monoisotopic (exact) mass is 513 g/mol. The highest BCUT2D eigenvalue weighted by Crippen LogP contribution is 2.35. The Morgan fingerprint density at radius 3 is 1.92 bits per heavy atom. The third-order valence-corrected chi connectivity index (χ3v) is 7.24. The standard InChI is InChI=1S/C27H19N3O6S/c1-28-23-20(21(31)22(25(28)33)37-19-15-9-8-14-18(19)26(34)35)24(32)30(17-12-6-3-7-13-17)27(36)29(23)16-10-4-2-5-11-16/h2-15,22H,1H3,(H,34,35). The number of aromatic carboxylic acids is 1. The van der Waals surface area contributed by atoms with Crippen LogP contribution in [0.4, 0.5) is 5.82 Å². The van der Waals surface area contributed by atoms with Gasteiger partial charge < -0.3 is 5.11 Å². The minimum Gasteiger partial charge on any atom is -0.478 e. The zero-order valence-electron chi connectivity index (χ0n) is 19.4. The normalized spacial score (nSPS) is 14.9. The van der Waals surface area contributed by atoms with Gasteiger partial charge in [0.25, 0.3) is 5.56 Å². The number of hydrogen-bond donors (Lipinski definition) is 1. The first-order chi connectivity index (χ1) is 17.8. The van der Waals surface area contributed by atoms with Gasteiger partial charge in [-0.15, -0.1) is 11.8 Å². The summed E-state index contributed by atoms with van der Waals surface area (Å²) in [6, 6.07) is 22.6. The van der Waals surface area contributed by atoms with Gasteiger partial charge in [-0.2, -0.15) is 0 Å². The number of carboxylic acid groups (broad SMARTS) is 1. The van der Waals surface area contributed by atoms with E-state index >= 15 is 0 Å². The zero-order chi connectivity index (χ0) is 26.3. The van der Waals surface area contributed by atoms with E-state index in [0.717, 1.165) is 21.2 Å². The number of hydrogen-bond acceptors (Lipinski definition) is 6. The molecule has 184 valence electrons. The predicted molar refractivity (Wildman–Crippen MR) is 138 cm³/mol. The second-order valence-electron chi connectivity index (χ2n) is 8.19. The van der Waals surface area contributed by atoms with Crippen LogP contribution in [0.25, 0.3) is 11.4 Å². The second kappa shape index (κ2) is 9.40. The highest BCUT2D eigenvalue weighted by atomic mass is 32.2. The van der Waals surface area contributed by atoms with Gasteiger partial charge in [-0.1, -0.05) is 48.5 Å². The topological polar surface area (TPSA) is 119 Å². The van der Waals surface area contributed by atoms with Crippen LogP contribution in [0.15, 0.2) is 99.4 Å². The molecule has 1 aliphatic heterocycles. The van der Waals surface area contributed by atoms with Gasteiger partial charge in [0.2, 0.25) is 5.91 Å². The van der Waals surface area contributed by atoms with E-state index in [1.54, 1.807) is 66.7 Å². The third kappa shape index (κ3) is 3.97. The predicted octanol–water partition coefficient (Wildman–Crippen LogP) is 3.01. The van der Waals surface area contributed by atoms with Crippen molar-refractivity contribution in [2.75, 3.05) is 11.9 Å². The molecule has 1 amide bonds. The number of fused-ring (bicyclic) bond motifs is 1. The molecule has 1 aromatic heterocycles. The summed E-state index contributed by atoms with van der Waals surface area (Å²) in [6.45, 7) is 0. The number of nitrogens with zero attached hydrogens (tertiary/aromatic N) is 3. The number of anilines is 1. The molecule has 0 fully saturated rings. The number of benzene rings is 3. The Morgan fingerprint density at radius 2 is 1.32 bits per heavy atom. The number of carboxylic acids is 1. The highest BCUT2D eigenvalue weighted by Gasteiger charge is 2.44. The SMILES string of the molecule is CN1C(=O)C(Sc2ccccc2C(=O)O)C(=O)c2c1n(-c1ccccc1)c(=O)n(-c1ccccc1)c2=O. The summed E-state index contributed by atoms with van der Waals surface area (Å²) in [5.74, 6) is -2.82. The minimum atomic E-state index is -1.42. The van der Waals surface area contributed by atoms with Crippen LogP contribution in [0.5, 0.6) is 0 Å². The van der Waals surface area contributed by atoms with Crippen molar-refractivity contribution in [2.24, 2.45) is 0 Å². The molecule has 3 aromatic carbocycles. The molecule has 1 unspecified atom stereocenters. The number of aromatic nitrogens is 2. The molecule has 10 heteroatoms.